The minimum atomic E-state index is -3.47. The van der Waals surface area contributed by atoms with Crippen LogP contribution in [-0.2, 0) is 14.8 Å². The largest absolute Gasteiger partial charge is 0.410 e. The van der Waals surface area contributed by atoms with E-state index in [1.807, 2.05) is 17.5 Å². The maximum absolute atomic E-state index is 12.6. The summed E-state index contributed by atoms with van der Waals surface area (Å²) in [6.45, 7) is 2.85. The number of aromatic nitrogens is 2. The molecule has 1 atom stereocenters. The van der Waals surface area contributed by atoms with Gasteiger partial charge in [0.25, 0.3) is 11.1 Å². The molecule has 1 saturated heterocycles. The van der Waals surface area contributed by atoms with Gasteiger partial charge in [-0.05, 0) is 55.5 Å². The van der Waals surface area contributed by atoms with Gasteiger partial charge in [0.2, 0.25) is 15.9 Å². The van der Waals surface area contributed by atoms with Crippen molar-refractivity contribution in [2.45, 2.75) is 35.1 Å². The Labute approximate surface area is 182 Å². The van der Waals surface area contributed by atoms with E-state index in [1.54, 1.807) is 19.1 Å². The molecule has 3 aromatic rings. The summed E-state index contributed by atoms with van der Waals surface area (Å²) in [6.07, 6.45) is 1.77. The number of hydrogen-bond acceptors (Lipinski definition) is 8. The van der Waals surface area contributed by atoms with Crippen molar-refractivity contribution in [1.82, 2.24) is 14.5 Å². The molecule has 8 nitrogen and oxygen atoms in total. The molecule has 3 heterocycles. The summed E-state index contributed by atoms with van der Waals surface area (Å²) in [5, 5.41) is 12.5. The first-order valence-corrected chi connectivity index (χ1v) is 12.6. The molecule has 1 amide bonds. The maximum Gasteiger partial charge on any atom is 0.277 e. The maximum atomic E-state index is 12.6. The predicted molar refractivity (Wildman–Crippen MR) is 116 cm³/mol. The van der Waals surface area contributed by atoms with Crippen LogP contribution in [0.2, 0.25) is 0 Å². The number of hydrogen-bond donors (Lipinski definition) is 1. The molecular formula is C19H20N4O4S3. The lowest BCUT2D eigenvalue weighted by atomic mass is 10.3. The van der Waals surface area contributed by atoms with Gasteiger partial charge in [0, 0.05) is 18.8 Å². The molecule has 0 saturated carbocycles. The third-order valence-corrected chi connectivity index (χ3v) is 8.31. The summed E-state index contributed by atoms with van der Waals surface area (Å²) in [5.41, 5.74) is 0.526. The minimum Gasteiger partial charge on any atom is -0.410 e. The lowest BCUT2D eigenvalue weighted by Crippen LogP contribution is -2.27. The second kappa shape index (κ2) is 8.88. The van der Waals surface area contributed by atoms with Gasteiger partial charge in [-0.3, -0.25) is 4.79 Å². The van der Waals surface area contributed by atoms with Crippen molar-refractivity contribution in [1.29, 1.82) is 0 Å². The smallest absolute Gasteiger partial charge is 0.277 e. The fourth-order valence-electron chi connectivity index (χ4n) is 2.99. The van der Waals surface area contributed by atoms with E-state index in [0.717, 1.165) is 29.5 Å². The number of carbonyl (C=O) groups is 1. The second-order valence-corrected chi connectivity index (χ2v) is 10.9. The molecule has 0 radical (unpaired) electrons. The molecule has 1 N–H and O–H groups in total. The van der Waals surface area contributed by atoms with Crippen LogP contribution >= 0.6 is 23.1 Å². The van der Waals surface area contributed by atoms with Gasteiger partial charge in [0.15, 0.2) is 0 Å². The number of nitrogens with zero attached hydrogens (tertiary/aromatic N) is 3. The van der Waals surface area contributed by atoms with Crippen molar-refractivity contribution in [2.24, 2.45) is 0 Å². The predicted octanol–water partition coefficient (Wildman–Crippen LogP) is 3.70. The van der Waals surface area contributed by atoms with Crippen LogP contribution < -0.4 is 5.32 Å². The Balaban J connectivity index is 1.36. The van der Waals surface area contributed by atoms with Crippen molar-refractivity contribution < 1.29 is 17.6 Å². The van der Waals surface area contributed by atoms with E-state index in [9.17, 15) is 13.2 Å². The van der Waals surface area contributed by atoms with Crippen LogP contribution in [0.1, 0.15) is 19.8 Å². The first-order chi connectivity index (χ1) is 14.4. The van der Waals surface area contributed by atoms with Gasteiger partial charge >= 0.3 is 0 Å². The van der Waals surface area contributed by atoms with Gasteiger partial charge in [-0.15, -0.1) is 21.5 Å². The van der Waals surface area contributed by atoms with E-state index in [-0.39, 0.29) is 10.8 Å². The molecule has 1 aromatic carbocycles. The summed E-state index contributed by atoms with van der Waals surface area (Å²) >= 11 is 2.66. The SMILES string of the molecule is C[C@H](Sc1nnc(-c2cccs2)o1)C(=O)Nc1ccc(S(=O)(=O)N2CCCC2)cc1. The molecule has 0 bridgehead atoms. The van der Waals surface area contributed by atoms with Crippen LogP contribution in [0.4, 0.5) is 5.69 Å². The summed E-state index contributed by atoms with van der Waals surface area (Å²) in [4.78, 5) is 13.6. The molecule has 0 unspecified atom stereocenters. The van der Waals surface area contributed by atoms with Gasteiger partial charge in [-0.1, -0.05) is 17.8 Å². The molecule has 1 fully saturated rings. The summed E-state index contributed by atoms with van der Waals surface area (Å²) in [5.74, 6) is 0.181. The molecule has 0 aliphatic carbocycles. The van der Waals surface area contributed by atoms with Crippen molar-refractivity contribution in [3.63, 3.8) is 0 Å². The van der Waals surface area contributed by atoms with E-state index in [2.05, 4.69) is 15.5 Å². The monoisotopic (exact) mass is 464 g/mol. The highest BCUT2D eigenvalue weighted by Gasteiger charge is 2.27. The highest BCUT2D eigenvalue weighted by molar-refractivity contribution is 8.00. The van der Waals surface area contributed by atoms with Crippen LogP contribution in [-0.4, -0.2) is 47.2 Å². The van der Waals surface area contributed by atoms with Gasteiger partial charge < -0.3 is 9.73 Å². The van der Waals surface area contributed by atoms with Crippen molar-refractivity contribution in [3.8, 4) is 10.8 Å². The quantitative estimate of drug-likeness (QED) is 0.532. The Hall–Kier alpha value is -2.21. The van der Waals surface area contributed by atoms with Gasteiger partial charge in [0.1, 0.15) is 0 Å². The summed E-state index contributed by atoms with van der Waals surface area (Å²) < 4.78 is 32.3. The number of sulfonamides is 1. The first-order valence-electron chi connectivity index (χ1n) is 9.38. The summed E-state index contributed by atoms with van der Waals surface area (Å²) in [7, 11) is -3.47. The molecule has 158 valence electrons. The molecule has 1 aliphatic heterocycles. The standard InChI is InChI=1S/C19H20N4O4S3/c1-13(29-19-22-21-18(27-19)16-5-4-12-28-16)17(24)20-14-6-8-15(9-7-14)30(25,26)23-10-2-3-11-23/h4-9,12-13H,2-3,10-11H2,1H3,(H,20,24)/t13-/m0/s1. The number of thioether (sulfide) groups is 1. The molecule has 11 heteroatoms. The second-order valence-electron chi connectivity index (χ2n) is 6.74. The van der Waals surface area contributed by atoms with Crippen LogP contribution in [0.25, 0.3) is 10.8 Å². The van der Waals surface area contributed by atoms with Gasteiger partial charge in [-0.25, -0.2) is 8.42 Å². The Morgan fingerprint density at radius 2 is 1.93 bits per heavy atom. The van der Waals surface area contributed by atoms with Crippen molar-refractivity contribution in [3.05, 3.63) is 41.8 Å². The highest BCUT2D eigenvalue weighted by Crippen LogP contribution is 2.29. The highest BCUT2D eigenvalue weighted by atomic mass is 32.2. The molecule has 0 spiro atoms. The average Bonchev–Trinajstić information content (AvgIpc) is 3.49. The first kappa shape index (κ1) is 21.0. The number of nitrogens with one attached hydrogen (secondary N) is 1. The number of anilines is 1. The van der Waals surface area contributed by atoms with Crippen LogP contribution in [0.15, 0.2) is 56.3 Å². The van der Waals surface area contributed by atoms with E-state index in [0.29, 0.717) is 29.9 Å². The number of benzene rings is 1. The van der Waals surface area contributed by atoms with Gasteiger partial charge in [0.05, 0.1) is 15.0 Å². The zero-order chi connectivity index (χ0) is 21.1. The van der Waals surface area contributed by atoms with Gasteiger partial charge in [-0.2, -0.15) is 4.31 Å². The molecular weight excluding hydrogens is 444 g/mol. The normalized spacial score (nSPS) is 15.9. The zero-order valence-corrected chi connectivity index (χ0v) is 18.6. The number of amides is 1. The number of carbonyl (C=O) groups excluding carboxylic acids is 1. The Morgan fingerprint density at radius 1 is 1.20 bits per heavy atom. The Kier molecular flexibility index (Phi) is 6.23. The van der Waals surface area contributed by atoms with Crippen LogP contribution in [0, 0.1) is 0 Å². The van der Waals surface area contributed by atoms with Crippen molar-refractivity contribution >= 4 is 44.7 Å². The zero-order valence-electron chi connectivity index (χ0n) is 16.1. The lowest BCUT2D eigenvalue weighted by molar-refractivity contribution is -0.115. The van der Waals surface area contributed by atoms with E-state index >= 15 is 0 Å². The third kappa shape index (κ3) is 4.59. The number of thiophene rings is 1. The average molecular weight is 465 g/mol. The topological polar surface area (TPSA) is 105 Å². The fraction of sp³-hybridized carbons (Fsp3) is 0.316. The Bertz CT molecular complexity index is 1110. The van der Waals surface area contributed by atoms with E-state index in [4.69, 9.17) is 4.42 Å². The van der Waals surface area contributed by atoms with Crippen LogP contribution in [0.5, 0.6) is 0 Å². The molecule has 2 aromatic heterocycles. The molecule has 4 rings (SSSR count). The van der Waals surface area contributed by atoms with E-state index in [1.165, 1.54) is 27.8 Å². The lowest BCUT2D eigenvalue weighted by Gasteiger charge is -2.16. The number of rotatable bonds is 7. The third-order valence-electron chi connectivity index (χ3n) is 4.61. The molecule has 1 aliphatic rings. The van der Waals surface area contributed by atoms with E-state index < -0.39 is 15.3 Å². The fourth-order valence-corrected chi connectivity index (χ4v) is 5.84. The Morgan fingerprint density at radius 3 is 2.60 bits per heavy atom. The van der Waals surface area contributed by atoms with Crippen LogP contribution in [0.3, 0.4) is 0 Å². The van der Waals surface area contributed by atoms with Crippen molar-refractivity contribution in [2.75, 3.05) is 18.4 Å². The summed E-state index contributed by atoms with van der Waals surface area (Å²) in [6, 6.07) is 10.0. The minimum absolute atomic E-state index is 0.233. The molecule has 30 heavy (non-hydrogen) atoms.